The van der Waals surface area contributed by atoms with E-state index in [1.54, 1.807) is 24.3 Å². The second kappa shape index (κ2) is 7.14. The van der Waals surface area contributed by atoms with Gasteiger partial charge in [-0.15, -0.1) is 0 Å². The molecule has 1 unspecified atom stereocenters. The van der Waals surface area contributed by atoms with Gasteiger partial charge >= 0.3 is 0 Å². The third-order valence-electron chi connectivity index (χ3n) is 4.96. The van der Waals surface area contributed by atoms with Crippen molar-refractivity contribution in [3.05, 3.63) is 59.2 Å². The van der Waals surface area contributed by atoms with Gasteiger partial charge in [0, 0.05) is 12.6 Å². The quantitative estimate of drug-likeness (QED) is 0.618. The van der Waals surface area contributed by atoms with Crippen LogP contribution in [-0.4, -0.2) is 35.8 Å². The molecule has 1 aliphatic carbocycles. The van der Waals surface area contributed by atoms with E-state index >= 15 is 0 Å². The number of carbonyl (C=O) groups is 2. The first-order valence-electron chi connectivity index (χ1n) is 8.67. The lowest BCUT2D eigenvalue weighted by Gasteiger charge is -2.16. The first-order chi connectivity index (χ1) is 11.7. The smallest absolute Gasteiger partial charge is 0.261 e. The third-order valence-corrected chi connectivity index (χ3v) is 4.96. The number of nitrogens with zero attached hydrogens (tertiary/aromatic N) is 1. The molecule has 1 aromatic rings. The minimum atomic E-state index is -0.166. The summed E-state index contributed by atoms with van der Waals surface area (Å²) < 4.78 is 0. The number of hydrogen-bond acceptors (Lipinski definition) is 3. The van der Waals surface area contributed by atoms with Gasteiger partial charge < -0.3 is 5.32 Å². The summed E-state index contributed by atoms with van der Waals surface area (Å²) in [5.74, 6) is -0.333. The molecule has 2 amide bonds. The number of imide groups is 1. The van der Waals surface area contributed by atoms with E-state index in [2.05, 4.69) is 18.8 Å². The first-order valence-corrected chi connectivity index (χ1v) is 8.67. The van der Waals surface area contributed by atoms with Crippen LogP contribution in [0.3, 0.4) is 0 Å². The topological polar surface area (TPSA) is 49.4 Å². The molecule has 2 aliphatic rings. The summed E-state index contributed by atoms with van der Waals surface area (Å²) in [6.07, 6.45) is 5.92. The van der Waals surface area contributed by atoms with Crippen molar-refractivity contribution >= 4 is 11.8 Å². The molecular weight excluding hydrogens is 300 g/mol. The summed E-state index contributed by atoms with van der Waals surface area (Å²) >= 11 is 0. The van der Waals surface area contributed by atoms with E-state index in [1.165, 1.54) is 16.0 Å². The summed E-state index contributed by atoms with van der Waals surface area (Å²) in [6, 6.07) is 7.49. The van der Waals surface area contributed by atoms with Gasteiger partial charge in [-0.2, -0.15) is 0 Å². The Labute approximate surface area is 143 Å². The zero-order chi connectivity index (χ0) is 17.1. The lowest BCUT2D eigenvalue weighted by molar-refractivity contribution is 0.0652. The maximum Gasteiger partial charge on any atom is 0.261 e. The van der Waals surface area contributed by atoms with Crippen LogP contribution < -0.4 is 5.32 Å². The Kier molecular flexibility index (Phi) is 4.95. The van der Waals surface area contributed by atoms with Crippen molar-refractivity contribution in [2.45, 2.75) is 38.6 Å². The molecular formula is C20H24N2O2. The van der Waals surface area contributed by atoms with Crippen LogP contribution in [0.5, 0.6) is 0 Å². The molecule has 1 atom stereocenters. The van der Waals surface area contributed by atoms with Crippen LogP contribution >= 0.6 is 0 Å². The fourth-order valence-corrected chi connectivity index (χ4v) is 3.64. The van der Waals surface area contributed by atoms with E-state index in [0.29, 0.717) is 23.7 Å². The number of amides is 2. The molecule has 0 saturated carbocycles. The zero-order valence-electron chi connectivity index (χ0n) is 14.2. The van der Waals surface area contributed by atoms with Gasteiger partial charge in [0.15, 0.2) is 0 Å². The van der Waals surface area contributed by atoms with Gasteiger partial charge in [0.25, 0.3) is 11.8 Å². The normalized spacial score (nSPS) is 20.0. The van der Waals surface area contributed by atoms with Crippen LogP contribution in [0.2, 0.25) is 0 Å². The molecule has 24 heavy (non-hydrogen) atoms. The lowest BCUT2D eigenvalue weighted by atomic mass is 10.1. The number of rotatable bonds is 7. The van der Waals surface area contributed by atoms with Gasteiger partial charge in [0.2, 0.25) is 0 Å². The van der Waals surface area contributed by atoms with E-state index in [9.17, 15) is 9.59 Å². The van der Waals surface area contributed by atoms with E-state index in [1.807, 2.05) is 6.08 Å². The van der Waals surface area contributed by atoms with Crippen molar-refractivity contribution in [1.29, 1.82) is 0 Å². The van der Waals surface area contributed by atoms with Crippen LogP contribution in [0.15, 0.2) is 48.1 Å². The molecule has 0 spiro atoms. The lowest BCUT2D eigenvalue weighted by Crippen LogP contribution is -2.34. The highest BCUT2D eigenvalue weighted by Crippen LogP contribution is 2.29. The fourth-order valence-electron chi connectivity index (χ4n) is 3.64. The van der Waals surface area contributed by atoms with E-state index in [0.717, 1.165) is 32.2 Å². The predicted octanol–water partition coefficient (Wildman–Crippen LogP) is 3.32. The molecule has 0 fully saturated rings. The SMILES string of the molecule is C=CC1=C(CC)CC(NCCCN2C(=O)c3ccccc3C2=O)C1. The molecule has 0 bridgehead atoms. The van der Waals surface area contributed by atoms with Crippen molar-refractivity contribution < 1.29 is 9.59 Å². The molecule has 0 radical (unpaired) electrons. The molecule has 1 aromatic carbocycles. The standard InChI is InChI=1S/C20H24N2O2/c1-3-14-12-16(13-15(14)4-2)21-10-7-11-22-19(23)17-8-5-6-9-18(17)20(22)24/h3,5-6,8-9,16,21H,1,4,7,10-13H2,2H3. The minimum Gasteiger partial charge on any atom is -0.313 e. The minimum absolute atomic E-state index is 0.166. The molecule has 1 N–H and O–H groups in total. The number of allylic oxidation sites excluding steroid dienone is 1. The Morgan fingerprint density at radius 2 is 1.88 bits per heavy atom. The Morgan fingerprint density at radius 3 is 2.42 bits per heavy atom. The molecule has 1 heterocycles. The highest BCUT2D eigenvalue weighted by molar-refractivity contribution is 6.21. The van der Waals surface area contributed by atoms with Gasteiger partial charge in [-0.05, 0) is 49.9 Å². The van der Waals surface area contributed by atoms with Crippen LogP contribution in [0.4, 0.5) is 0 Å². The Bertz CT molecular complexity index is 670. The van der Waals surface area contributed by atoms with Gasteiger partial charge in [-0.25, -0.2) is 0 Å². The fraction of sp³-hybridized carbons (Fsp3) is 0.400. The number of benzene rings is 1. The van der Waals surface area contributed by atoms with Crippen LogP contribution in [0.25, 0.3) is 0 Å². The molecule has 126 valence electrons. The maximum atomic E-state index is 12.3. The summed E-state index contributed by atoms with van der Waals surface area (Å²) in [5.41, 5.74) is 3.91. The average Bonchev–Trinajstić information content (AvgIpc) is 3.12. The van der Waals surface area contributed by atoms with Crippen molar-refractivity contribution in [2.75, 3.05) is 13.1 Å². The van der Waals surface area contributed by atoms with Gasteiger partial charge in [-0.1, -0.05) is 37.3 Å². The average molecular weight is 324 g/mol. The Hall–Kier alpha value is -2.20. The van der Waals surface area contributed by atoms with Crippen molar-refractivity contribution in [1.82, 2.24) is 10.2 Å². The van der Waals surface area contributed by atoms with E-state index in [-0.39, 0.29) is 11.8 Å². The van der Waals surface area contributed by atoms with Crippen molar-refractivity contribution in [3.8, 4) is 0 Å². The van der Waals surface area contributed by atoms with Gasteiger partial charge in [0.05, 0.1) is 11.1 Å². The number of nitrogens with one attached hydrogen (secondary N) is 1. The molecule has 0 saturated heterocycles. The molecule has 1 aliphatic heterocycles. The summed E-state index contributed by atoms with van der Waals surface area (Å²) in [4.78, 5) is 25.9. The second-order valence-electron chi connectivity index (χ2n) is 6.41. The van der Waals surface area contributed by atoms with Crippen LogP contribution in [0.1, 0.15) is 53.3 Å². The highest BCUT2D eigenvalue weighted by atomic mass is 16.2. The predicted molar refractivity (Wildman–Crippen MR) is 95.0 cm³/mol. The van der Waals surface area contributed by atoms with Crippen LogP contribution in [0, 0.1) is 0 Å². The number of carbonyl (C=O) groups excluding carboxylic acids is 2. The van der Waals surface area contributed by atoms with Crippen molar-refractivity contribution in [2.24, 2.45) is 0 Å². The first kappa shape index (κ1) is 16.7. The highest BCUT2D eigenvalue weighted by Gasteiger charge is 2.34. The van der Waals surface area contributed by atoms with E-state index < -0.39 is 0 Å². The Morgan fingerprint density at radius 1 is 1.21 bits per heavy atom. The van der Waals surface area contributed by atoms with Gasteiger partial charge in [-0.3, -0.25) is 14.5 Å². The van der Waals surface area contributed by atoms with Crippen LogP contribution in [-0.2, 0) is 0 Å². The maximum absolute atomic E-state index is 12.3. The summed E-state index contributed by atoms with van der Waals surface area (Å²) in [5, 5.41) is 3.55. The zero-order valence-corrected chi connectivity index (χ0v) is 14.2. The number of hydrogen-bond donors (Lipinski definition) is 1. The van der Waals surface area contributed by atoms with Gasteiger partial charge in [0.1, 0.15) is 0 Å². The second-order valence-corrected chi connectivity index (χ2v) is 6.41. The summed E-state index contributed by atoms with van der Waals surface area (Å²) in [7, 11) is 0. The molecule has 0 aromatic heterocycles. The molecule has 4 nitrogen and oxygen atoms in total. The van der Waals surface area contributed by atoms with Crippen molar-refractivity contribution in [3.63, 3.8) is 0 Å². The molecule has 4 heteroatoms. The largest absolute Gasteiger partial charge is 0.313 e. The molecule has 3 rings (SSSR count). The third kappa shape index (κ3) is 3.06. The summed E-state index contributed by atoms with van der Waals surface area (Å²) in [6.45, 7) is 7.35. The number of fused-ring (bicyclic) bond motifs is 1. The monoisotopic (exact) mass is 324 g/mol. The Balaban J connectivity index is 1.46. The van der Waals surface area contributed by atoms with E-state index in [4.69, 9.17) is 0 Å².